The number of benzene rings is 2. The van der Waals surface area contributed by atoms with E-state index in [4.69, 9.17) is 19.0 Å². The van der Waals surface area contributed by atoms with Crippen LogP contribution in [0.4, 0.5) is 0 Å². The summed E-state index contributed by atoms with van der Waals surface area (Å²) in [6.07, 6.45) is 2.14. The predicted octanol–water partition coefficient (Wildman–Crippen LogP) is 4.68. The van der Waals surface area contributed by atoms with Gasteiger partial charge in [-0.3, -0.25) is 14.6 Å². The van der Waals surface area contributed by atoms with Crippen LogP contribution in [0.25, 0.3) is 21.9 Å². The van der Waals surface area contributed by atoms with E-state index in [2.05, 4.69) is 10.3 Å². The van der Waals surface area contributed by atoms with Crippen LogP contribution in [0.15, 0.2) is 53.1 Å². The normalized spacial score (nSPS) is 10.9. The maximum absolute atomic E-state index is 12.1. The lowest BCUT2D eigenvalue weighted by molar-refractivity contribution is -0.137. The zero-order chi connectivity index (χ0) is 22.7. The summed E-state index contributed by atoms with van der Waals surface area (Å²) in [5.41, 5.74) is 1.77. The third-order valence-electron chi connectivity index (χ3n) is 5.00. The largest absolute Gasteiger partial charge is 0.494 e. The number of ether oxygens (including phenoxy) is 2. The highest BCUT2D eigenvalue weighted by Gasteiger charge is 2.18. The van der Waals surface area contributed by atoms with Gasteiger partial charge in [-0.05, 0) is 43.7 Å². The summed E-state index contributed by atoms with van der Waals surface area (Å²) in [7, 11) is 1.58. The van der Waals surface area contributed by atoms with Gasteiger partial charge < -0.3 is 24.3 Å². The van der Waals surface area contributed by atoms with E-state index in [0.717, 1.165) is 10.8 Å². The topological polar surface area (TPSA) is 111 Å². The maximum Gasteiger partial charge on any atom is 0.303 e. The molecule has 0 aliphatic rings. The molecule has 1 amide bonds. The fourth-order valence-electron chi connectivity index (χ4n) is 3.49. The number of amides is 1. The molecule has 0 spiro atoms. The predicted molar refractivity (Wildman–Crippen MR) is 119 cm³/mol. The molecule has 0 aliphatic heterocycles. The van der Waals surface area contributed by atoms with E-state index < -0.39 is 5.97 Å². The van der Waals surface area contributed by atoms with Gasteiger partial charge in [0.2, 0.25) is 0 Å². The van der Waals surface area contributed by atoms with E-state index in [1.807, 2.05) is 6.07 Å². The van der Waals surface area contributed by atoms with E-state index in [1.165, 1.54) is 0 Å². The lowest BCUT2D eigenvalue weighted by Crippen LogP contribution is -2.18. The maximum atomic E-state index is 12.1. The van der Waals surface area contributed by atoms with Crippen molar-refractivity contribution in [3.05, 3.63) is 60.0 Å². The minimum Gasteiger partial charge on any atom is -0.494 e. The van der Waals surface area contributed by atoms with Gasteiger partial charge in [0.15, 0.2) is 0 Å². The number of carboxylic acid groups (broad SMARTS) is 1. The molecule has 4 aromatic rings. The SMILES string of the molecule is CNC(=O)c1c(C)oc2cc(Oc3ccnc4cc(OCCCC(=O)O)ccc34)ccc12. The average molecular weight is 434 g/mol. The first kappa shape index (κ1) is 21.2. The van der Waals surface area contributed by atoms with Crippen LogP contribution < -0.4 is 14.8 Å². The van der Waals surface area contributed by atoms with Gasteiger partial charge in [0, 0.05) is 42.6 Å². The van der Waals surface area contributed by atoms with Crippen molar-refractivity contribution in [3.8, 4) is 17.2 Å². The van der Waals surface area contributed by atoms with Gasteiger partial charge in [-0.2, -0.15) is 0 Å². The number of aliphatic carboxylic acids is 1. The number of carbonyl (C=O) groups excluding carboxylic acids is 1. The van der Waals surface area contributed by atoms with Crippen molar-refractivity contribution in [2.24, 2.45) is 0 Å². The molecule has 0 bridgehead atoms. The second-order valence-electron chi connectivity index (χ2n) is 7.21. The quantitative estimate of drug-likeness (QED) is 0.387. The molecule has 4 rings (SSSR count). The molecule has 164 valence electrons. The number of pyridine rings is 1. The van der Waals surface area contributed by atoms with E-state index in [9.17, 15) is 9.59 Å². The van der Waals surface area contributed by atoms with Crippen LogP contribution in [-0.2, 0) is 4.79 Å². The molecule has 2 aromatic heterocycles. The molecule has 0 fully saturated rings. The Morgan fingerprint density at radius 2 is 1.88 bits per heavy atom. The van der Waals surface area contributed by atoms with Crippen LogP contribution >= 0.6 is 0 Å². The van der Waals surface area contributed by atoms with Gasteiger partial charge in [0.1, 0.15) is 28.6 Å². The number of furan rings is 1. The minimum absolute atomic E-state index is 0.0635. The van der Waals surface area contributed by atoms with Crippen molar-refractivity contribution in [3.63, 3.8) is 0 Å². The molecule has 0 radical (unpaired) electrons. The van der Waals surface area contributed by atoms with Crippen molar-refractivity contribution in [1.82, 2.24) is 10.3 Å². The minimum atomic E-state index is -0.844. The summed E-state index contributed by atoms with van der Waals surface area (Å²) >= 11 is 0. The number of nitrogens with one attached hydrogen (secondary N) is 1. The first-order chi connectivity index (χ1) is 15.5. The van der Waals surface area contributed by atoms with Crippen molar-refractivity contribution in [2.75, 3.05) is 13.7 Å². The number of aromatic nitrogens is 1. The van der Waals surface area contributed by atoms with Crippen molar-refractivity contribution < 1.29 is 28.6 Å². The Balaban J connectivity index is 1.56. The molecule has 0 aliphatic carbocycles. The van der Waals surface area contributed by atoms with E-state index in [1.54, 1.807) is 56.6 Å². The molecular weight excluding hydrogens is 412 g/mol. The van der Waals surface area contributed by atoms with Crippen molar-refractivity contribution in [2.45, 2.75) is 19.8 Å². The van der Waals surface area contributed by atoms with Crippen molar-refractivity contribution >= 4 is 33.7 Å². The highest BCUT2D eigenvalue weighted by Crippen LogP contribution is 2.34. The summed E-state index contributed by atoms with van der Waals surface area (Å²) in [6.45, 7) is 2.07. The summed E-state index contributed by atoms with van der Waals surface area (Å²) in [4.78, 5) is 27.1. The zero-order valence-electron chi connectivity index (χ0n) is 17.7. The first-order valence-electron chi connectivity index (χ1n) is 10.1. The van der Waals surface area contributed by atoms with E-state index in [0.29, 0.717) is 52.7 Å². The smallest absolute Gasteiger partial charge is 0.303 e. The molecule has 0 unspecified atom stereocenters. The number of aryl methyl sites for hydroxylation is 1. The fourth-order valence-corrected chi connectivity index (χ4v) is 3.49. The van der Waals surface area contributed by atoms with Crippen LogP contribution in [0.3, 0.4) is 0 Å². The number of carbonyl (C=O) groups is 2. The standard InChI is InChI=1S/C24H22N2O6/c1-14-23(24(29)25-2)18-8-6-16(13-21(18)31-14)32-20-9-10-26-19-12-15(5-7-17(19)20)30-11-3-4-22(27)28/h5-10,12-13H,3-4,11H2,1-2H3,(H,25,29)(H,27,28). The van der Waals surface area contributed by atoms with Crippen LogP contribution in [0.1, 0.15) is 29.0 Å². The third kappa shape index (κ3) is 4.34. The molecular formula is C24H22N2O6. The van der Waals surface area contributed by atoms with Gasteiger partial charge in [-0.1, -0.05) is 0 Å². The number of nitrogens with zero attached hydrogens (tertiary/aromatic N) is 1. The Morgan fingerprint density at radius 3 is 2.66 bits per heavy atom. The Morgan fingerprint density at radius 1 is 1.09 bits per heavy atom. The molecule has 0 atom stereocenters. The summed E-state index contributed by atoms with van der Waals surface area (Å²) in [6, 6.07) is 12.5. The van der Waals surface area contributed by atoms with Gasteiger partial charge in [-0.25, -0.2) is 0 Å². The van der Waals surface area contributed by atoms with Gasteiger partial charge in [0.05, 0.1) is 17.7 Å². The molecule has 8 nitrogen and oxygen atoms in total. The Kier molecular flexibility index (Phi) is 5.93. The number of carboxylic acids is 1. The van der Waals surface area contributed by atoms with Crippen LogP contribution in [0.2, 0.25) is 0 Å². The monoisotopic (exact) mass is 434 g/mol. The Labute approximate surface area is 183 Å². The van der Waals surface area contributed by atoms with Crippen LogP contribution in [0.5, 0.6) is 17.2 Å². The highest BCUT2D eigenvalue weighted by atomic mass is 16.5. The van der Waals surface area contributed by atoms with E-state index >= 15 is 0 Å². The lowest BCUT2D eigenvalue weighted by atomic mass is 10.1. The molecule has 8 heteroatoms. The van der Waals surface area contributed by atoms with Crippen LogP contribution in [-0.4, -0.2) is 35.6 Å². The van der Waals surface area contributed by atoms with Crippen LogP contribution in [0, 0.1) is 6.92 Å². The number of fused-ring (bicyclic) bond motifs is 2. The zero-order valence-corrected chi connectivity index (χ0v) is 17.7. The summed E-state index contributed by atoms with van der Waals surface area (Å²) in [5.74, 6) is 1.29. The Bertz CT molecular complexity index is 1310. The second kappa shape index (κ2) is 8.97. The third-order valence-corrected chi connectivity index (χ3v) is 5.00. The lowest BCUT2D eigenvalue weighted by Gasteiger charge is -2.10. The summed E-state index contributed by atoms with van der Waals surface area (Å²) in [5, 5.41) is 12.9. The average Bonchev–Trinajstić information content (AvgIpc) is 3.11. The fraction of sp³-hybridized carbons (Fsp3) is 0.208. The molecule has 32 heavy (non-hydrogen) atoms. The first-order valence-corrected chi connectivity index (χ1v) is 10.1. The van der Waals surface area contributed by atoms with Gasteiger partial charge >= 0.3 is 5.97 Å². The number of hydrogen-bond acceptors (Lipinski definition) is 6. The van der Waals surface area contributed by atoms with Crippen molar-refractivity contribution in [1.29, 1.82) is 0 Å². The molecule has 0 saturated heterocycles. The highest BCUT2D eigenvalue weighted by molar-refractivity contribution is 6.07. The number of hydrogen-bond donors (Lipinski definition) is 2. The van der Waals surface area contributed by atoms with Gasteiger partial charge in [-0.15, -0.1) is 0 Å². The molecule has 2 heterocycles. The van der Waals surface area contributed by atoms with E-state index in [-0.39, 0.29) is 12.3 Å². The molecule has 2 N–H and O–H groups in total. The molecule has 0 saturated carbocycles. The second-order valence-corrected chi connectivity index (χ2v) is 7.21. The molecule has 2 aromatic carbocycles. The number of rotatable bonds is 8. The van der Waals surface area contributed by atoms with Gasteiger partial charge in [0.25, 0.3) is 5.91 Å². The Hall–Kier alpha value is -4.07. The summed E-state index contributed by atoms with van der Waals surface area (Å²) < 4.78 is 17.5.